The lowest BCUT2D eigenvalue weighted by atomic mass is 10.1. The van der Waals surface area contributed by atoms with Gasteiger partial charge in [-0.25, -0.2) is 0 Å². The lowest BCUT2D eigenvalue weighted by Crippen LogP contribution is -2.48. The highest BCUT2D eigenvalue weighted by Crippen LogP contribution is 2.05. The minimum atomic E-state index is 0.355. The monoisotopic (exact) mass is 292 g/mol. The highest BCUT2D eigenvalue weighted by molar-refractivity contribution is 5.16. The molecule has 0 unspecified atom stereocenters. The van der Waals surface area contributed by atoms with E-state index >= 15 is 0 Å². The molecule has 1 aliphatic heterocycles. The number of morpholine rings is 1. The van der Waals surface area contributed by atoms with E-state index in [0.717, 1.165) is 45.9 Å². The van der Waals surface area contributed by atoms with Crippen LogP contribution in [-0.4, -0.2) is 63.5 Å². The van der Waals surface area contributed by atoms with E-state index in [1.165, 1.54) is 5.56 Å². The Hall–Kier alpha value is -0.940. The van der Waals surface area contributed by atoms with Crippen LogP contribution < -0.4 is 5.32 Å². The lowest BCUT2D eigenvalue weighted by molar-refractivity contribution is 0.0330. The molecule has 1 fully saturated rings. The molecule has 4 heteroatoms. The molecule has 0 aliphatic carbocycles. The highest BCUT2D eigenvalue weighted by atomic mass is 16.5. The van der Waals surface area contributed by atoms with Gasteiger partial charge in [0, 0.05) is 38.8 Å². The summed E-state index contributed by atoms with van der Waals surface area (Å²) in [5.74, 6) is 0. The molecule has 0 saturated carbocycles. The van der Waals surface area contributed by atoms with Gasteiger partial charge in [0.1, 0.15) is 0 Å². The molecule has 2 rings (SSSR count). The summed E-state index contributed by atoms with van der Waals surface area (Å²) in [5.41, 5.74) is 1.35. The molecule has 1 aromatic carbocycles. The number of benzene rings is 1. The molecule has 0 radical (unpaired) electrons. The van der Waals surface area contributed by atoms with Crippen LogP contribution in [0.15, 0.2) is 30.3 Å². The fourth-order valence-electron chi connectivity index (χ4n) is 2.89. The Labute approximate surface area is 128 Å². The summed E-state index contributed by atoms with van der Waals surface area (Å²) in [4.78, 5) is 2.47. The summed E-state index contributed by atoms with van der Waals surface area (Å²) in [6, 6.07) is 11.4. The minimum absolute atomic E-state index is 0.355. The molecule has 1 heterocycles. The topological polar surface area (TPSA) is 33.7 Å². The summed E-state index contributed by atoms with van der Waals surface area (Å²) in [7, 11) is 1.77. The van der Waals surface area contributed by atoms with Crippen molar-refractivity contribution in [3.05, 3.63) is 35.9 Å². The third-order valence-corrected chi connectivity index (χ3v) is 3.85. The van der Waals surface area contributed by atoms with Gasteiger partial charge in [0.2, 0.25) is 0 Å². The van der Waals surface area contributed by atoms with E-state index in [1.54, 1.807) is 7.11 Å². The van der Waals surface area contributed by atoms with Crippen LogP contribution in [0.1, 0.15) is 12.5 Å². The van der Waals surface area contributed by atoms with Gasteiger partial charge in [-0.1, -0.05) is 30.3 Å². The largest absolute Gasteiger partial charge is 0.383 e. The lowest BCUT2D eigenvalue weighted by Gasteiger charge is -2.31. The number of ether oxygens (including phenoxy) is 2. The molecule has 2 atom stereocenters. The first-order valence-corrected chi connectivity index (χ1v) is 7.87. The Balaban J connectivity index is 1.80. The van der Waals surface area contributed by atoms with Gasteiger partial charge in [0.05, 0.1) is 19.8 Å². The molecule has 4 nitrogen and oxygen atoms in total. The zero-order valence-corrected chi connectivity index (χ0v) is 13.3. The van der Waals surface area contributed by atoms with E-state index in [2.05, 4.69) is 47.5 Å². The molecule has 1 aliphatic rings. The normalized spacial score (nSPS) is 19.3. The highest BCUT2D eigenvalue weighted by Gasteiger charge is 2.17. The number of nitrogens with zero attached hydrogens (tertiary/aromatic N) is 1. The average Bonchev–Trinajstić information content (AvgIpc) is 2.49. The smallest absolute Gasteiger partial charge is 0.0619 e. The van der Waals surface area contributed by atoms with E-state index in [1.807, 2.05) is 0 Å². The van der Waals surface area contributed by atoms with Crippen LogP contribution >= 0.6 is 0 Å². The maximum Gasteiger partial charge on any atom is 0.0619 e. The standard InChI is InChI=1S/C17H28N2O2/c1-15(13-19-8-10-21-11-9-19)18-17(14-20-2)12-16-6-4-3-5-7-16/h3-7,15,17-18H,8-14H2,1-2H3/t15-,17-/m1/s1. The summed E-state index contributed by atoms with van der Waals surface area (Å²) in [6.45, 7) is 7.86. The zero-order valence-electron chi connectivity index (χ0n) is 13.3. The number of hydrogen-bond acceptors (Lipinski definition) is 4. The molecule has 1 saturated heterocycles. The molecule has 0 aromatic heterocycles. The minimum Gasteiger partial charge on any atom is -0.383 e. The number of hydrogen-bond donors (Lipinski definition) is 1. The maximum atomic E-state index is 5.40. The molecule has 0 amide bonds. The Bertz CT molecular complexity index is 380. The second-order valence-electron chi connectivity index (χ2n) is 5.82. The van der Waals surface area contributed by atoms with Gasteiger partial charge in [-0.05, 0) is 18.9 Å². The van der Waals surface area contributed by atoms with Crippen molar-refractivity contribution in [2.75, 3.05) is 46.6 Å². The van der Waals surface area contributed by atoms with Crippen LogP contribution in [0.4, 0.5) is 0 Å². The fourth-order valence-corrected chi connectivity index (χ4v) is 2.89. The summed E-state index contributed by atoms with van der Waals surface area (Å²) < 4.78 is 10.8. The number of rotatable bonds is 8. The van der Waals surface area contributed by atoms with E-state index in [-0.39, 0.29) is 0 Å². The van der Waals surface area contributed by atoms with Crippen molar-refractivity contribution in [3.8, 4) is 0 Å². The van der Waals surface area contributed by atoms with Gasteiger partial charge in [0.25, 0.3) is 0 Å². The van der Waals surface area contributed by atoms with E-state index in [9.17, 15) is 0 Å². The van der Waals surface area contributed by atoms with Crippen molar-refractivity contribution in [2.45, 2.75) is 25.4 Å². The quantitative estimate of drug-likeness (QED) is 0.788. The molecule has 1 aromatic rings. The number of methoxy groups -OCH3 is 1. The number of nitrogens with one attached hydrogen (secondary N) is 1. The zero-order chi connectivity index (χ0) is 14.9. The average molecular weight is 292 g/mol. The van der Waals surface area contributed by atoms with Crippen molar-refractivity contribution in [3.63, 3.8) is 0 Å². The summed E-state index contributed by atoms with van der Waals surface area (Å²) in [6.07, 6.45) is 1.00. The van der Waals surface area contributed by atoms with Crippen LogP contribution in [0.2, 0.25) is 0 Å². The maximum absolute atomic E-state index is 5.40. The molecule has 118 valence electrons. The van der Waals surface area contributed by atoms with Crippen molar-refractivity contribution in [1.29, 1.82) is 0 Å². The molecular formula is C17H28N2O2. The predicted octanol–water partition coefficient (Wildman–Crippen LogP) is 1.55. The second kappa shape index (κ2) is 9.15. The first kappa shape index (κ1) is 16.4. The van der Waals surface area contributed by atoms with Crippen molar-refractivity contribution >= 4 is 0 Å². The van der Waals surface area contributed by atoms with Gasteiger partial charge >= 0.3 is 0 Å². The van der Waals surface area contributed by atoms with Gasteiger partial charge in [-0.15, -0.1) is 0 Å². The molecule has 0 spiro atoms. The van der Waals surface area contributed by atoms with Gasteiger partial charge in [-0.2, -0.15) is 0 Å². The Kier molecular flexibility index (Phi) is 7.16. The Morgan fingerprint density at radius 2 is 1.95 bits per heavy atom. The summed E-state index contributed by atoms with van der Waals surface area (Å²) >= 11 is 0. The summed E-state index contributed by atoms with van der Waals surface area (Å²) in [5, 5.41) is 3.71. The molecule has 21 heavy (non-hydrogen) atoms. The SMILES string of the molecule is COC[C@@H](Cc1ccccc1)N[C@H](C)CN1CCOCC1. The van der Waals surface area contributed by atoms with E-state index in [0.29, 0.717) is 12.1 Å². The van der Waals surface area contributed by atoms with Crippen LogP contribution in [0.25, 0.3) is 0 Å². The molecule has 1 N–H and O–H groups in total. The van der Waals surface area contributed by atoms with Crippen LogP contribution in [-0.2, 0) is 15.9 Å². The Morgan fingerprint density at radius 3 is 2.62 bits per heavy atom. The van der Waals surface area contributed by atoms with Gasteiger partial charge in [-0.3, -0.25) is 4.90 Å². The molecular weight excluding hydrogens is 264 g/mol. The van der Waals surface area contributed by atoms with Crippen LogP contribution in [0, 0.1) is 0 Å². The predicted molar refractivity (Wildman–Crippen MR) is 85.7 cm³/mol. The Morgan fingerprint density at radius 1 is 1.24 bits per heavy atom. The van der Waals surface area contributed by atoms with Crippen molar-refractivity contribution in [2.24, 2.45) is 0 Å². The second-order valence-corrected chi connectivity index (χ2v) is 5.82. The third-order valence-electron chi connectivity index (χ3n) is 3.85. The van der Waals surface area contributed by atoms with Crippen LogP contribution in [0.3, 0.4) is 0 Å². The third kappa shape index (κ3) is 6.14. The first-order chi connectivity index (χ1) is 10.3. The van der Waals surface area contributed by atoms with Crippen molar-refractivity contribution < 1.29 is 9.47 Å². The van der Waals surface area contributed by atoms with E-state index in [4.69, 9.17) is 9.47 Å². The van der Waals surface area contributed by atoms with Crippen molar-refractivity contribution in [1.82, 2.24) is 10.2 Å². The van der Waals surface area contributed by atoms with Crippen LogP contribution in [0.5, 0.6) is 0 Å². The molecule has 0 bridgehead atoms. The van der Waals surface area contributed by atoms with Gasteiger partial charge in [0.15, 0.2) is 0 Å². The fraction of sp³-hybridized carbons (Fsp3) is 0.647. The van der Waals surface area contributed by atoms with Gasteiger partial charge < -0.3 is 14.8 Å². The van der Waals surface area contributed by atoms with E-state index < -0.39 is 0 Å². The first-order valence-electron chi connectivity index (χ1n) is 7.87.